The molecule has 2 rings (SSSR count). The van der Waals surface area contributed by atoms with Gasteiger partial charge < -0.3 is 9.47 Å². The molecule has 1 saturated heterocycles. The van der Waals surface area contributed by atoms with Gasteiger partial charge in [0, 0.05) is 13.1 Å². The van der Waals surface area contributed by atoms with Gasteiger partial charge >= 0.3 is 0 Å². The maximum Gasteiger partial charge on any atom is 0.243 e. The van der Waals surface area contributed by atoms with E-state index in [9.17, 15) is 8.42 Å². The number of nitrogens with zero attached hydrogens (tertiary/aromatic N) is 1. The molecule has 1 aliphatic heterocycles. The fourth-order valence-corrected chi connectivity index (χ4v) is 3.59. The average molecular weight is 299 g/mol. The standard InChI is InChI=1S/C14H21NO4S/c1-3-8-19-14-5-4-13(11-12(14)2)20(16,17)15-6-9-18-10-7-15/h4-5,11H,3,6-10H2,1-2H3. The van der Waals surface area contributed by atoms with E-state index in [1.54, 1.807) is 18.2 Å². The van der Waals surface area contributed by atoms with Gasteiger partial charge in [-0.1, -0.05) is 6.92 Å². The Morgan fingerprint density at radius 2 is 2.00 bits per heavy atom. The van der Waals surface area contributed by atoms with E-state index in [0.717, 1.165) is 17.7 Å². The maximum atomic E-state index is 12.5. The zero-order valence-electron chi connectivity index (χ0n) is 12.0. The smallest absolute Gasteiger partial charge is 0.243 e. The molecule has 6 heteroatoms. The highest BCUT2D eigenvalue weighted by Gasteiger charge is 2.26. The molecule has 20 heavy (non-hydrogen) atoms. The number of ether oxygens (including phenoxy) is 2. The van der Waals surface area contributed by atoms with Crippen molar-refractivity contribution in [3.8, 4) is 5.75 Å². The van der Waals surface area contributed by atoms with E-state index in [-0.39, 0.29) is 0 Å². The number of hydrogen-bond donors (Lipinski definition) is 0. The van der Waals surface area contributed by atoms with Crippen LogP contribution in [0.4, 0.5) is 0 Å². The van der Waals surface area contributed by atoms with Gasteiger partial charge in [0.2, 0.25) is 10.0 Å². The Bertz CT molecular complexity index is 550. The van der Waals surface area contributed by atoms with Gasteiger partial charge in [-0.05, 0) is 37.1 Å². The van der Waals surface area contributed by atoms with Crippen LogP contribution in [-0.4, -0.2) is 45.6 Å². The topological polar surface area (TPSA) is 55.8 Å². The van der Waals surface area contributed by atoms with Gasteiger partial charge in [0.25, 0.3) is 0 Å². The van der Waals surface area contributed by atoms with Crippen LogP contribution in [0.3, 0.4) is 0 Å². The fraction of sp³-hybridized carbons (Fsp3) is 0.571. The summed E-state index contributed by atoms with van der Waals surface area (Å²) in [5.41, 5.74) is 0.841. The Labute approximate surface area is 120 Å². The predicted molar refractivity (Wildman–Crippen MR) is 76.5 cm³/mol. The van der Waals surface area contributed by atoms with Crippen LogP contribution in [0, 0.1) is 6.92 Å². The minimum Gasteiger partial charge on any atom is -0.493 e. The van der Waals surface area contributed by atoms with Crippen molar-refractivity contribution in [3.63, 3.8) is 0 Å². The number of morpholine rings is 1. The van der Waals surface area contributed by atoms with E-state index >= 15 is 0 Å². The molecule has 0 N–H and O–H groups in total. The van der Waals surface area contributed by atoms with Gasteiger partial charge in [0.05, 0.1) is 24.7 Å². The van der Waals surface area contributed by atoms with Gasteiger partial charge in [0.15, 0.2) is 0 Å². The lowest BCUT2D eigenvalue weighted by molar-refractivity contribution is 0.0730. The summed E-state index contributed by atoms with van der Waals surface area (Å²) in [6.07, 6.45) is 0.924. The lowest BCUT2D eigenvalue weighted by atomic mass is 10.2. The van der Waals surface area contributed by atoms with E-state index in [1.165, 1.54) is 4.31 Å². The summed E-state index contributed by atoms with van der Waals surface area (Å²) in [6, 6.07) is 5.02. The van der Waals surface area contributed by atoms with Gasteiger partial charge in [-0.15, -0.1) is 0 Å². The monoisotopic (exact) mass is 299 g/mol. The molecule has 0 unspecified atom stereocenters. The highest BCUT2D eigenvalue weighted by atomic mass is 32.2. The Morgan fingerprint density at radius 3 is 2.60 bits per heavy atom. The Balaban J connectivity index is 2.21. The molecule has 1 aromatic rings. The van der Waals surface area contributed by atoms with Crippen LogP contribution in [0.5, 0.6) is 5.75 Å². The van der Waals surface area contributed by atoms with Crippen LogP contribution in [0.15, 0.2) is 23.1 Å². The van der Waals surface area contributed by atoms with Crippen molar-refractivity contribution in [2.24, 2.45) is 0 Å². The van der Waals surface area contributed by atoms with Crippen molar-refractivity contribution in [2.75, 3.05) is 32.9 Å². The van der Waals surface area contributed by atoms with E-state index in [4.69, 9.17) is 9.47 Å². The van der Waals surface area contributed by atoms with Crippen LogP contribution in [0.2, 0.25) is 0 Å². The first-order valence-electron chi connectivity index (χ1n) is 6.87. The minimum absolute atomic E-state index is 0.320. The third-order valence-electron chi connectivity index (χ3n) is 3.22. The molecule has 0 radical (unpaired) electrons. The van der Waals surface area contributed by atoms with Gasteiger partial charge in [-0.25, -0.2) is 8.42 Å². The molecule has 1 heterocycles. The number of sulfonamides is 1. The van der Waals surface area contributed by atoms with Crippen molar-refractivity contribution >= 4 is 10.0 Å². The minimum atomic E-state index is -3.42. The zero-order chi connectivity index (χ0) is 14.6. The van der Waals surface area contributed by atoms with Crippen molar-refractivity contribution in [3.05, 3.63) is 23.8 Å². The second-order valence-electron chi connectivity index (χ2n) is 4.79. The first-order chi connectivity index (χ1) is 9.55. The number of aryl methyl sites for hydroxylation is 1. The molecular weight excluding hydrogens is 278 g/mol. The molecule has 1 fully saturated rings. The molecule has 0 spiro atoms. The van der Waals surface area contributed by atoms with Gasteiger partial charge in [-0.2, -0.15) is 4.31 Å². The summed E-state index contributed by atoms with van der Waals surface area (Å²) in [4.78, 5) is 0.320. The van der Waals surface area contributed by atoms with Crippen LogP contribution < -0.4 is 4.74 Å². The highest BCUT2D eigenvalue weighted by molar-refractivity contribution is 7.89. The van der Waals surface area contributed by atoms with Crippen molar-refractivity contribution in [1.82, 2.24) is 4.31 Å². The second-order valence-corrected chi connectivity index (χ2v) is 6.73. The third-order valence-corrected chi connectivity index (χ3v) is 5.11. The third kappa shape index (κ3) is 3.31. The summed E-state index contributed by atoms with van der Waals surface area (Å²) >= 11 is 0. The summed E-state index contributed by atoms with van der Waals surface area (Å²) in [5.74, 6) is 0.743. The SMILES string of the molecule is CCCOc1ccc(S(=O)(=O)N2CCOCC2)cc1C. The van der Waals surface area contributed by atoms with Crippen molar-refractivity contribution in [2.45, 2.75) is 25.2 Å². The highest BCUT2D eigenvalue weighted by Crippen LogP contribution is 2.24. The zero-order valence-corrected chi connectivity index (χ0v) is 12.8. The molecular formula is C14H21NO4S. The Morgan fingerprint density at radius 1 is 1.30 bits per heavy atom. The predicted octanol–water partition coefficient (Wildman–Crippen LogP) is 1.80. The number of benzene rings is 1. The van der Waals surface area contributed by atoms with Crippen LogP contribution >= 0.6 is 0 Å². The molecule has 0 bridgehead atoms. The summed E-state index contributed by atoms with van der Waals surface area (Å²) in [5, 5.41) is 0. The molecule has 1 aliphatic rings. The molecule has 0 aromatic heterocycles. The Hall–Kier alpha value is -1.11. The van der Waals surface area contributed by atoms with E-state index in [2.05, 4.69) is 0 Å². The van der Waals surface area contributed by atoms with Gasteiger partial charge in [0.1, 0.15) is 5.75 Å². The van der Waals surface area contributed by atoms with E-state index in [0.29, 0.717) is 37.8 Å². The van der Waals surface area contributed by atoms with Crippen molar-refractivity contribution in [1.29, 1.82) is 0 Å². The lowest BCUT2D eigenvalue weighted by Gasteiger charge is -2.26. The molecule has 0 atom stereocenters. The normalized spacial score (nSPS) is 17.1. The second kappa shape index (κ2) is 6.56. The average Bonchev–Trinajstić information content (AvgIpc) is 2.47. The molecule has 112 valence electrons. The summed E-state index contributed by atoms with van der Waals surface area (Å²) in [7, 11) is -3.42. The Kier molecular flexibility index (Phi) is 5.01. The molecule has 0 amide bonds. The van der Waals surface area contributed by atoms with Crippen LogP contribution in [-0.2, 0) is 14.8 Å². The molecule has 0 saturated carbocycles. The fourth-order valence-electron chi connectivity index (χ4n) is 2.09. The number of hydrogen-bond acceptors (Lipinski definition) is 4. The van der Waals surface area contributed by atoms with Gasteiger partial charge in [-0.3, -0.25) is 0 Å². The van der Waals surface area contributed by atoms with Crippen LogP contribution in [0.25, 0.3) is 0 Å². The molecule has 5 nitrogen and oxygen atoms in total. The first-order valence-corrected chi connectivity index (χ1v) is 8.31. The largest absolute Gasteiger partial charge is 0.493 e. The summed E-state index contributed by atoms with van der Waals surface area (Å²) in [6.45, 7) is 6.27. The van der Waals surface area contributed by atoms with Crippen LogP contribution in [0.1, 0.15) is 18.9 Å². The molecule has 0 aliphatic carbocycles. The quantitative estimate of drug-likeness (QED) is 0.832. The first kappa shape index (κ1) is 15.3. The lowest BCUT2D eigenvalue weighted by Crippen LogP contribution is -2.40. The summed E-state index contributed by atoms with van der Waals surface area (Å²) < 4.78 is 37.2. The molecule has 1 aromatic carbocycles. The van der Waals surface area contributed by atoms with E-state index in [1.807, 2.05) is 13.8 Å². The van der Waals surface area contributed by atoms with E-state index < -0.39 is 10.0 Å². The van der Waals surface area contributed by atoms with Crippen molar-refractivity contribution < 1.29 is 17.9 Å². The number of rotatable bonds is 5. The maximum absolute atomic E-state index is 12.5.